The van der Waals surface area contributed by atoms with E-state index in [0.29, 0.717) is 6.54 Å². The highest BCUT2D eigenvalue weighted by Gasteiger charge is 2.19. The van der Waals surface area contributed by atoms with Gasteiger partial charge in [0.15, 0.2) is 11.8 Å². The molecule has 1 aliphatic rings. The lowest BCUT2D eigenvalue weighted by Gasteiger charge is -2.32. The number of piperidine rings is 1. The van der Waals surface area contributed by atoms with Gasteiger partial charge in [-0.2, -0.15) is 5.10 Å². The number of likely N-dealkylation sites (tertiary alicyclic amines) is 1. The Balaban J connectivity index is 0.00000225. The van der Waals surface area contributed by atoms with E-state index in [2.05, 4.69) is 44.5 Å². The lowest BCUT2D eigenvalue weighted by atomic mass is 10.1. The molecular weight excluding hydrogens is 431 g/mol. The highest BCUT2D eigenvalue weighted by molar-refractivity contribution is 14.0. The van der Waals surface area contributed by atoms with Crippen LogP contribution in [0.5, 0.6) is 0 Å². The van der Waals surface area contributed by atoms with E-state index in [1.54, 1.807) is 0 Å². The van der Waals surface area contributed by atoms with Crippen molar-refractivity contribution in [2.45, 2.75) is 32.4 Å². The molecule has 0 amide bonds. The fourth-order valence-corrected chi connectivity index (χ4v) is 2.83. The van der Waals surface area contributed by atoms with Crippen LogP contribution in [0, 0.1) is 0 Å². The number of aromatic amines is 1. The number of aliphatic hydroxyl groups excluding tert-OH is 1. The minimum Gasteiger partial charge on any atom is -0.393 e. The Morgan fingerprint density at radius 3 is 2.88 bits per heavy atom. The molecule has 2 aromatic rings. The molecule has 1 aromatic heterocycles. The number of guanidine groups is 1. The zero-order valence-electron chi connectivity index (χ0n) is 14.4. The fourth-order valence-electron chi connectivity index (χ4n) is 2.83. The minimum absolute atomic E-state index is 0. The van der Waals surface area contributed by atoms with Crippen LogP contribution in [0.15, 0.2) is 35.6 Å². The molecule has 2 heterocycles. The summed E-state index contributed by atoms with van der Waals surface area (Å²) < 4.78 is 0. The van der Waals surface area contributed by atoms with Gasteiger partial charge in [-0.15, -0.1) is 24.0 Å². The summed E-state index contributed by atoms with van der Waals surface area (Å²) in [5.74, 6) is 1.67. The molecule has 0 atom stereocenters. The molecule has 0 bridgehead atoms. The molecule has 0 radical (unpaired) electrons. The quantitative estimate of drug-likeness (QED) is 0.372. The molecule has 8 heteroatoms. The third-order valence-electron chi connectivity index (χ3n) is 4.13. The van der Waals surface area contributed by atoms with Crippen LogP contribution in [0.4, 0.5) is 0 Å². The number of aliphatic imine (C=N–C) groups is 1. The van der Waals surface area contributed by atoms with E-state index in [1.807, 2.05) is 12.1 Å². The third-order valence-corrected chi connectivity index (χ3v) is 4.13. The second-order valence-electron chi connectivity index (χ2n) is 5.92. The van der Waals surface area contributed by atoms with E-state index < -0.39 is 0 Å². The number of H-pyrrole nitrogens is 1. The molecule has 3 rings (SSSR count). The summed E-state index contributed by atoms with van der Waals surface area (Å²) >= 11 is 0. The van der Waals surface area contributed by atoms with Crippen molar-refractivity contribution in [2.75, 3.05) is 19.6 Å². The lowest BCUT2D eigenvalue weighted by Crippen LogP contribution is -2.46. The van der Waals surface area contributed by atoms with E-state index in [0.717, 1.165) is 55.4 Å². The van der Waals surface area contributed by atoms with Crippen molar-refractivity contribution in [3.05, 3.63) is 36.2 Å². The highest BCUT2D eigenvalue weighted by atomic mass is 127. The van der Waals surface area contributed by atoms with Gasteiger partial charge in [-0.3, -0.25) is 5.10 Å². The monoisotopic (exact) mass is 456 g/mol. The van der Waals surface area contributed by atoms with E-state index in [-0.39, 0.29) is 30.1 Å². The topological polar surface area (TPSA) is 89.4 Å². The van der Waals surface area contributed by atoms with Gasteiger partial charge in [0.25, 0.3) is 0 Å². The average molecular weight is 456 g/mol. The molecule has 1 aromatic carbocycles. The Morgan fingerprint density at radius 2 is 2.20 bits per heavy atom. The largest absolute Gasteiger partial charge is 0.393 e. The van der Waals surface area contributed by atoms with Gasteiger partial charge in [0.1, 0.15) is 6.33 Å². The van der Waals surface area contributed by atoms with Gasteiger partial charge in [0.05, 0.1) is 12.6 Å². The summed E-state index contributed by atoms with van der Waals surface area (Å²) in [4.78, 5) is 11.2. The van der Waals surface area contributed by atoms with Crippen LogP contribution >= 0.6 is 24.0 Å². The van der Waals surface area contributed by atoms with Crippen molar-refractivity contribution in [1.82, 2.24) is 25.4 Å². The molecular formula is C17H25IN6O. The van der Waals surface area contributed by atoms with Gasteiger partial charge in [0, 0.05) is 25.2 Å². The number of nitrogens with zero attached hydrogens (tertiary/aromatic N) is 4. The summed E-state index contributed by atoms with van der Waals surface area (Å²) in [5, 5.41) is 19.8. The first-order valence-electron chi connectivity index (χ1n) is 8.42. The van der Waals surface area contributed by atoms with Gasteiger partial charge in [-0.25, -0.2) is 9.98 Å². The molecule has 0 aliphatic carbocycles. The summed E-state index contributed by atoms with van der Waals surface area (Å²) in [6.45, 7) is 5.18. The molecule has 25 heavy (non-hydrogen) atoms. The zero-order chi connectivity index (χ0) is 16.8. The predicted octanol–water partition coefficient (Wildman–Crippen LogP) is 2.01. The number of hydrogen-bond acceptors (Lipinski definition) is 4. The van der Waals surface area contributed by atoms with Crippen molar-refractivity contribution in [3.63, 3.8) is 0 Å². The van der Waals surface area contributed by atoms with E-state index in [9.17, 15) is 5.11 Å². The van der Waals surface area contributed by atoms with Gasteiger partial charge >= 0.3 is 0 Å². The standard InChI is InChI=1S/C17H24N6O.HI/c1-2-18-17(23-8-6-15(24)7-9-23)19-11-13-4-3-5-14(10-13)16-20-12-21-22-16;/h3-5,10,12,15,24H,2,6-9,11H2,1H3,(H,18,19)(H,20,21,22);1H. The SMILES string of the molecule is CCNC(=NCc1cccc(-c2ncn[nH]2)c1)N1CCC(O)CC1.I. The molecule has 1 fully saturated rings. The summed E-state index contributed by atoms with van der Waals surface area (Å²) in [6, 6.07) is 8.15. The second kappa shape index (κ2) is 9.71. The summed E-state index contributed by atoms with van der Waals surface area (Å²) in [5.41, 5.74) is 2.13. The number of rotatable bonds is 4. The highest BCUT2D eigenvalue weighted by Crippen LogP contribution is 2.16. The van der Waals surface area contributed by atoms with Crippen LogP contribution in [0.2, 0.25) is 0 Å². The van der Waals surface area contributed by atoms with Crippen LogP contribution < -0.4 is 5.32 Å². The minimum atomic E-state index is -0.178. The Kier molecular flexibility index (Phi) is 7.63. The lowest BCUT2D eigenvalue weighted by molar-refractivity contribution is 0.108. The molecule has 0 saturated carbocycles. The number of aliphatic hydroxyl groups is 1. The van der Waals surface area contributed by atoms with Gasteiger partial charge in [-0.1, -0.05) is 18.2 Å². The number of aromatic nitrogens is 3. The fraction of sp³-hybridized carbons (Fsp3) is 0.471. The maximum absolute atomic E-state index is 9.67. The average Bonchev–Trinajstić information content (AvgIpc) is 3.14. The zero-order valence-corrected chi connectivity index (χ0v) is 16.7. The second-order valence-corrected chi connectivity index (χ2v) is 5.92. The van der Waals surface area contributed by atoms with E-state index >= 15 is 0 Å². The first kappa shape index (κ1) is 19.6. The Labute approximate surface area is 165 Å². The third kappa shape index (κ3) is 5.40. The molecule has 1 saturated heterocycles. The molecule has 136 valence electrons. The normalized spacial score (nSPS) is 15.8. The number of hydrogen-bond donors (Lipinski definition) is 3. The Hall–Kier alpha value is -1.68. The van der Waals surface area contributed by atoms with Crippen molar-refractivity contribution in [3.8, 4) is 11.4 Å². The molecule has 0 unspecified atom stereocenters. The molecule has 7 nitrogen and oxygen atoms in total. The van der Waals surface area contributed by atoms with Crippen LogP contribution in [-0.2, 0) is 6.54 Å². The van der Waals surface area contributed by atoms with Crippen molar-refractivity contribution < 1.29 is 5.11 Å². The van der Waals surface area contributed by atoms with Gasteiger partial charge < -0.3 is 15.3 Å². The number of benzene rings is 1. The van der Waals surface area contributed by atoms with Gasteiger partial charge in [-0.05, 0) is 31.4 Å². The maximum Gasteiger partial charge on any atom is 0.194 e. The smallest absolute Gasteiger partial charge is 0.194 e. The first-order chi connectivity index (χ1) is 11.8. The van der Waals surface area contributed by atoms with Crippen LogP contribution in [-0.4, -0.2) is 56.9 Å². The van der Waals surface area contributed by atoms with Crippen molar-refractivity contribution in [1.29, 1.82) is 0 Å². The van der Waals surface area contributed by atoms with Crippen molar-refractivity contribution >= 4 is 29.9 Å². The maximum atomic E-state index is 9.67. The van der Waals surface area contributed by atoms with E-state index in [1.165, 1.54) is 6.33 Å². The molecule has 0 spiro atoms. The van der Waals surface area contributed by atoms with Crippen molar-refractivity contribution in [2.24, 2.45) is 4.99 Å². The van der Waals surface area contributed by atoms with E-state index in [4.69, 9.17) is 4.99 Å². The van der Waals surface area contributed by atoms with Crippen LogP contribution in [0.1, 0.15) is 25.3 Å². The number of halogens is 1. The summed E-state index contributed by atoms with van der Waals surface area (Å²) in [7, 11) is 0. The predicted molar refractivity (Wildman–Crippen MR) is 109 cm³/mol. The van der Waals surface area contributed by atoms with Crippen LogP contribution in [0.25, 0.3) is 11.4 Å². The first-order valence-corrected chi connectivity index (χ1v) is 8.42. The number of nitrogens with one attached hydrogen (secondary N) is 2. The van der Waals surface area contributed by atoms with Gasteiger partial charge in [0.2, 0.25) is 0 Å². The van der Waals surface area contributed by atoms with Crippen LogP contribution in [0.3, 0.4) is 0 Å². The molecule has 3 N–H and O–H groups in total. The Morgan fingerprint density at radius 1 is 1.40 bits per heavy atom. The molecule has 1 aliphatic heterocycles. The Bertz CT molecular complexity index is 668. The summed E-state index contributed by atoms with van der Waals surface area (Å²) in [6.07, 6.45) is 2.92.